The fourth-order valence-corrected chi connectivity index (χ4v) is 4.18. The monoisotopic (exact) mass is 517 g/mol. The number of benzene rings is 2. The number of pyridine rings is 2. The normalized spacial score (nSPS) is 10.4. The summed E-state index contributed by atoms with van der Waals surface area (Å²) in [5.41, 5.74) is 9.16. The lowest BCUT2D eigenvalue weighted by Crippen LogP contribution is -2.23. The van der Waals surface area contributed by atoms with Gasteiger partial charge in [-0.25, -0.2) is 9.97 Å². The first kappa shape index (κ1) is 28.0. The van der Waals surface area contributed by atoms with Gasteiger partial charge in [-0.2, -0.15) is 0 Å². The molecule has 4 rings (SSSR count). The molecule has 0 unspecified atom stereocenters. The topological polar surface area (TPSA) is 62.3 Å². The maximum absolute atomic E-state index is 5.94. The Morgan fingerprint density at radius 3 is 1.81 bits per heavy atom. The van der Waals surface area contributed by atoms with Gasteiger partial charge in [0.05, 0.1) is 30.4 Å². The van der Waals surface area contributed by atoms with Crippen LogP contribution in [0.5, 0.6) is 0 Å². The SMILES string of the molecule is CNc1cnc(Cl)cc1-c1ccccc1C.CNc1cnc(N(C)CCOC)cc1-c1ccccc1C. The second-order valence-electron chi connectivity index (χ2n) is 8.68. The summed E-state index contributed by atoms with van der Waals surface area (Å²) in [6.45, 7) is 5.72. The molecule has 2 aromatic carbocycles. The van der Waals surface area contributed by atoms with Crippen molar-refractivity contribution in [3.63, 3.8) is 0 Å². The first-order valence-electron chi connectivity index (χ1n) is 12.2. The van der Waals surface area contributed by atoms with E-state index in [4.69, 9.17) is 16.3 Å². The molecule has 0 radical (unpaired) electrons. The Hall–Kier alpha value is -3.61. The highest BCUT2D eigenvalue weighted by Crippen LogP contribution is 2.33. The van der Waals surface area contributed by atoms with Crippen molar-refractivity contribution in [3.8, 4) is 22.3 Å². The van der Waals surface area contributed by atoms with E-state index in [9.17, 15) is 0 Å². The molecule has 2 heterocycles. The highest BCUT2D eigenvalue weighted by molar-refractivity contribution is 6.29. The standard InChI is InChI=1S/C17H23N3O.C13H13ClN2/c1-13-7-5-6-8-14(13)15-11-17(19-12-16(15)18-2)20(3)9-10-21-4;1-9-5-3-4-6-10(9)11-7-13(14)16-8-12(11)15-2/h5-8,11-12,18H,9-10H2,1-4H3;3-8,15H,1-2H3. The van der Waals surface area contributed by atoms with Crippen LogP contribution in [0.1, 0.15) is 11.1 Å². The number of anilines is 3. The van der Waals surface area contributed by atoms with Crippen molar-refractivity contribution >= 4 is 28.8 Å². The van der Waals surface area contributed by atoms with E-state index in [1.54, 1.807) is 13.3 Å². The molecule has 0 saturated carbocycles. The third-order valence-electron chi connectivity index (χ3n) is 6.19. The predicted molar refractivity (Wildman–Crippen MR) is 158 cm³/mol. The van der Waals surface area contributed by atoms with Crippen LogP contribution in [0, 0.1) is 13.8 Å². The lowest BCUT2D eigenvalue weighted by atomic mass is 10.00. The zero-order valence-corrected chi connectivity index (χ0v) is 23.2. The van der Waals surface area contributed by atoms with Gasteiger partial charge in [0.25, 0.3) is 0 Å². The number of halogens is 1. The van der Waals surface area contributed by atoms with Crippen molar-refractivity contribution in [2.24, 2.45) is 0 Å². The van der Waals surface area contributed by atoms with Gasteiger partial charge in [0.2, 0.25) is 0 Å². The second-order valence-corrected chi connectivity index (χ2v) is 9.07. The predicted octanol–water partition coefficient (Wildman–Crippen LogP) is 6.93. The summed E-state index contributed by atoms with van der Waals surface area (Å²) in [6, 6.07) is 20.6. The van der Waals surface area contributed by atoms with E-state index in [-0.39, 0.29) is 0 Å². The van der Waals surface area contributed by atoms with Crippen molar-refractivity contribution in [2.75, 3.05) is 56.9 Å². The third kappa shape index (κ3) is 7.21. The Bertz CT molecular complexity index is 1310. The van der Waals surface area contributed by atoms with Gasteiger partial charge in [-0.05, 0) is 48.2 Å². The molecule has 0 amide bonds. The van der Waals surface area contributed by atoms with Gasteiger partial charge in [-0.1, -0.05) is 60.1 Å². The molecule has 0 spiro atoms. The smallest absolute Gasteiger partial charge is 0.129 e. The molecule has 0 aliphatic carbocycles. The van der Waals surface area contributed by atoms with Crippen LogP contribution in [0.25, 0.3) is 22.3 Å². The Morgan fingerprint density at radius 1 is 0.784 bits per heavy atom. The fourth-order valence-electron chi connectivity index (χ4n) is 4.02. The lowest BCUT2D eigenvalue weighted by Gasteiger charge is -2.20. The highest BCUT2D eigenvalue weighted by atomic mass is 35.5. The molecule has 6 nitrogen and oxygen atoms in total. The molecule has 194 valence electrons. The minimum Gasteiger partial charge on any atom is -0.386 e. The molecule has 0 saturated heterocycles. The van der Waals surface area contributed by atoms with E-state index in [2.05, 4.69) is 81.8 Å². The summed E-state index contributed by atoms with van der Waals surface area (Å²) in [7, 11) is 7.55. The van der Waals surface area contributed by atoms with Crippen LogP contribution in [-0.2, 0) is 4.74 Å². The molecular weight excluding hydrogens is 482 g/mol. The fraction of sp³-hybridized carbons (Fsp3) is 0.267. The number of hydrogen-bond donors (Lipinski definition) is 2. The first-order valence-corrected chi connectivity index (χ1v) is 12.6. The number of nitrogens with zero attached hydrogens (tertiary/aromatic N) is 3. The van der Waals surface area contributed by atoms with Crippen LogP contribution in [0.15, 0.2) is 73.1 Å². The van der Waals surface area contributed by atoms with Crippen molar-refractivity contribution in [1.82, 2.24) is 9.97 Å². The number of aromatic nitrogens is 2. The highest BCUT2D eigenvalue weighted by Gasteiger charge is 2.11. The molecule has 0 aliphatic rings. The Morgan fingerprint density at radius 2 is 1.30 bits per heavy atom. The van der Waals surface area contributed by atoms with Gasteiger partial charge < -0.3 is 20.3 Å². The summed E-state index contributed by atoms with van der Waals surface area (Å²) >= 11 is 5.94. The summed E-state index contributed by atoms with van der Waals surface area (Å²) in [4.78, 5) is 10.7. The minimum atomic E-state index is 0.511. The van der Waals surface area contributed by atoms with Gasteiger partial charge in [0.1, 0.15) is 11.0 Å². The Labute approximate surface area is 225 Å². The van der Waals surface area contributed by atoms with Crippen molar-refractivity contribution in [1.29, 1.82) is 0 Å². The average molecular weight is 518 g/mol. The van der Waals surface area contributed by atoms with Crippen LogP contribution in [0.2, 0.25) is 5.15 Å². The van der Waals surface area contributed by atoms with Crippen molar-refractivity contribution in [3.05, 3.63) is 89.3 Å². The van der Waals surface area contributed by atoms with Crippen molar-refractivity contribution in [2.45, 2.75) is 13.8 Å². The quantitative estimate of drug-likeness (QED) is 0.247. The molecule has 0 aliphatic heterocycles. The molecule has 2 N–H and O–H groups in total. The third-order valence-corrected chi connectivity index (χ3v) is 6.40. The van der Waals surface area contributed by atoms with E-state index >= 15 is 0 Å². The van der Waals surface area contributed by atoms with E-state index in [1.807, 2.05) is 45.5 Å². The van der Waals surface area contributed by atoms with Gasteiger partial charge in [-0.3, -0.25) is 0 Å². The molecule has 2 aromatic heterocycles. The van der Waals surface area contributed by atoms with E-state index in [0.717, 1.165) is 29.3 Å². The summed E-state index contributed by atoms with van der Waals surface area (Å²) in [5.74, 6) is 0.948. The van der Waals surface area contributed by atoms with Crippen LogP contribution in [0.4, 0.5) is 17.2 Å². The van der Waals surface area contributed by atoms with Crippen LogP contribution >= 0.6 is 11.6 Å². The summed E-state index contributed by atoms with van der Waals surface area (Å²) in [6.07, 6.45) is 3.64. The number of rotatable bonds is 8. The molecule has 4 aromatic rings. The number of methoxy groups -OCH3 is 1. The summed E-state index contributed by atoms with van der Waals surface area (Å²) in [5, 5.41) is 6.86. The van der Waals surface area contributed by atoms with Crippen molar-refractivity contribution < 1.29 is 4.74 Å². The largest absolute Gasteiger partial charge is 0.386 e. The molecule has 7 heteroatoms. The number of nitrogens with one attached hydrogen (secondary N) is 2. The summed E-state index contributed by atoms with van der Waals surface area (Å²) < 4.78 is 5.13. The molecule has 0 bridgehead atoms. The van der Waals surface area contributed by atoms with Gasteiger partial charge in [0.15, 0.2) is 0 Å². The van der Waals surface area contributed by atoms with E-state index < -0.39 is 0 Å². The van der Waals surface area contributed by atoms with Crippen LogP contribution in [0.3, 0.4) is 0 Å². The Kier molecular flexibility index (Phi) is 10.3. The van der Waals surface area contributed by atoms with Gasteiger partial charge in [-0.15, -0.1) is 0 Å². The average Bonchev–Trinajstić information content (AvgIpc) is 2.92. The zero-order valence-electron chi connectivity index (χ0n) is 22.5. The maximum atomic E-state index is 5.94. The zero-order chi connectivity index (χ0) is 26.8. The number of ether oxygens (including phenoxy) is 1. The second kappa shape index (κ2) is 13.6. The van der Waals surface area contributed by atoms with Crippen LogP contribution < -0.4 is 15.5 Å². The first-order chi connectivity index (χ1) is 17.9. The minimum absolute atomic E-state index is 0.511. The Balaban J connectivity index is 0.000000213. The molecule has 0 fully saturated rings. The maximum Gasteiger partial charge on any atom is 0.129 e. The van der Waals surface area contributed by atoms with E-state index in [1.165, 1.54) is 27.8 Å². The number of hydrogen-bond acceptors (Lipinski definition) is 6. The lowest BCUT2D eigenvalue weighted by molar-refractivity contribution is 0.206. The molecular formula is C30H36ClN5O. The van der Waals surface area contributed by atoms with E-state index in [0.29, 0.717) is 11.8 Å². The van der Waals surface area contributed by atoms with Gasteiger partial charge >= 0.3 is 0 Å². The number of aryl methyl sites for hydroxylation is 2. The van der Waals surface area contributed by atoms with Gasteiger partial charge in [0, 0.05) is 45.9 Å². The van der Waals surface area contributed by atoms with Crippen LogP contribution in [-0.4, -0.2) is 51.4 Å². The number of likely N-dealkylation sites (N-methyl/N-ethyl adjacent to an activating group) is 1. The molecule has 37 heavy (non-hydrogen) atoms. The molecule has 0 atom stereocenters.